The van der Waals surface area contributed by atoms with Crippen LogP contribution in [0.5, 0.6) is 0 Å². The summed E-state index contributed by atoms with van der Waals surface area (Å²) in [5.41, 5.74) is 0.974. The Labute approximate surface area is 115 Å². The molecule has 100 valence electrons. The second-order valence-corrected chi connectivity index (χ2v) is 4.80. The van der Waals surface area contributed by atoms with Crippen LogP contribution < -0.4 is 0 Å². The summed E-state index contributed by atoms with van der Waals surface area (Å²) >= 11 is 3.24. The van der Waals surface area contributed by atoms with E-state index >= 15 is 0 Å². The van der Waals surface area contributed by atoms with E-state index in [2.05, 4.69) is 15.9 Å². The lowest BCUT2D eigenvalue weighted by molar-refractivity contribution is 0.0708. The van der Waals surface area contributed by atoms with Gasteiger partial charge in [-0.15, -0.1) is 0 Å². The standard InChI is InChI=1S/C13H17BrFNO2/c1-10-3-4-12(15)11(9-10)13(17)16(2)6-8-18-7-5-14/h3-4,9H,5-8H2,1-2H3. The smallest absolute Gasteiger partial charge is 0.256 e. The molecule has 0 aliphatic carbocycles. The zero-order valence-corrected chi connectivity index (χ0v) is 12.2. The quantitative estimate of drug-likeness (QED) is 0.596. The number of rotatable bonds is 6. The van der Waals surface area contributed by atoms with Crippen molar-refractivity contribution in [3.05, 3.63) is 35.1 Å². The van der Waals surface area contributed by atoms with Gasteiger partial charge in [0, 0.05) is 18.9 Å². The molecule has 0 bridgehead atoms. The third-order valence-electron chi connectivity index (χ3n) is 2.49. The number of alkyl halides is 1. The van der Waals surface area contributed by atoms with Crippen molar-refractivity contribution in [2.75, 3.05) is 32.1 Å². The summed E-state index contributed by atoms with van der Waals surface area (Å²) in [6.45, 7) is 3.32. The van der Waals surface area contributed by atoms with Crippen LogP contribution >= 0.6 is 15.9 Å². The predicted octanol–water partition coefficient (Wildman–Crippen LogP) is 2.62. The van der Waals surface area contributed by atoms with Gasteiger partial charge < -0.3 is 9.64 Å². The number of likely N-dealkylation sites (N-methyl/N-ethyl adjacent to an activating group) is 1. The molecule has 3 nitrogen and oxygen atoms in total. The molecule has 1 amide bonds. The Hall–Kier alpha value is -0.940. The van der Waals surface area contributed by atoms with Gasteiger partial charge >= 0.3 is 0 Å². The fourth-order valence-corrected chi connectivity index (χ4v) is 1.70. The second kappa shape index (κ2) is 7.48. The van der Waals surface area contributed by atoms with E-state index in [9.17, 15) is 9.18 Å². The molecule has 0 fully saturated rings. The van der Waals surface area contributed by atoms with Gasteiger partial charge in [0.1, 0.15) is 5.82 Å². The molecule has 0 saturated carbocycles. The number of carbonyl (C=O) groups excluding carboxylic acids is 1. The van der Waals surface area contributed by atoms with E-state index in [1.54, 1.807) is 19.2 Å². The van der Waals surface area contributed by atoms with Gasteiger partial charge in [0.15, 0.2) is 0 Å². The summed E-state index contributed by atoms with van der Waals surface area (Å²) in [6, 6.07) is 4.52. The second-order valence-electron chi connectivity index (χ2n) is 4.01. The molecule has 0 heterocycles. The Morgan fingerprint density at radius 3 is 2.83 bits per heavy atom. The maximum Gasteiger partial charge on any atom is 0.256 e. The van der Waals surface area contributed by atoms with E-state index in [1.165, 1.54) is 11.0 Å². The van der Waals surface area contributed by atoms with Crippen LogP contribution in [-0.2, 0) is 4.74 Å². The lowest BCUT2D eigenvalue weighted by Gasteiger charge is -2.17. The average molecular weight is 318 g/mol. The number of hydrogen-bond acceptors (Lipinski definition) is 2. The summed E-state index contributed by atoms with van der Waals surface area (Å²) in [7, 11) is 1.64. The first-order valence-electron chi connectivity index (χ1n) is 5.71. The first-order chi connectivity index (χ1) is 8.56. The van der Waals surface area contributed by atoms with Crippen molar-refractivity contribution in [2.45, 2.75) is 6.92 Å². The molecule has 0 atom stereocenters. The van der Waals surface area contributed by atoms with Gasteiger partial charge in [0.2, 0.25) is 0 Å². The van der Waals surface area contributed by atoms with Gasteiger partial charge in [-0.1, -0.05) is 27.6 Å². The van der Waals surface area contributed by atoms with Gasteiger partial charge in [-0.3, -0.25) is 4.79 Å². The molecule has 0 aromatic heterocycles. The Morgan fingerprint density at radius 1 is 1.44 bits per heavy atom. The number of benzene rings is 1. The van der Waals surface area contributed by atoms with E-state index < -0.39 is 5.82 Å². The van der Waals surface area contributed by atoms with Crippen molar-refractivity contribution in [2.24, 2.45) is 0 Å². The van der Waals surface area contributed by atoms with E-state index in [-0.39, 0.29) is 11.5 Å². The molecule has 1 aromatic rings. The topological polar surface area (TPSA) is 29.5 Å². The third-order valence-corrected chi connectivity index (χ3v) is 2.82. The molecule has 18 heavy (non-hydrogen) atoms. The molecule has 0 unspecified atom stereocenters. The minimum absolute atomic E-state index is 0.109. The molecule has 1 rings (SSSR count). The minimum atomic E-state index is -0.487. The maximum atomic E-state index is 13.5. The first-order valence-corrected chi connectivity index (χ1v) is 6.83. The molecular formula is C13H17BrFNO2. The van der Waals surface area contributed by atoms with Crippen LogP contribution in [0.15, 0.2) is 18.2 Å². The van der Waals surface area contributed by atoms with Gasteiger partial charge in [-0.25, -0.2) is 4.39 Å². The van der Waals surface area contributed by atoms with Gasteiger partial charge in [0.25, 0.3) is 5.91 Å². The lowest BCUT2D eigenvalue weighted by atomic mass is 10.1. The highest BCUT2D eigenvalue weighted by molar-refractivity contribution is 9.09. The number of aryl methyl sites for hydroxylation is 1. The van der Waals surface area contributed by atoms with Crippen molar-refractivity contribution < 1.29 is 13.9 Å². The summed E-state index contributed by atoms with van der Waals surface area (Å²) in [5.74, 6) is -0.808. The largest absolute Gasteiger partial charge is 0.379 e. The number of halogens is 2. The van der Waals surface area contributed by atoms with Crippen molar-refractivity contribution in [1.82, 2.24) is 4.90 Å². The number of amides is 1. The lowest BCUT2D eigenvalue weighted by Crippen LogP contribution is -2.31. The van der Waals surface area contributed by atoms with Crippen LogP contribution in [0.1, 0.15) is 15.9 Å². The molecule has 1 aromatic carbocycles. The summed E-state index contributed by atoms with van der Waals surface area (Å²) in [5, 5.41) is 0.761. The fraction of sp³-hybridized carbons (Fsp3) is 0.462. The Bertz CT molecular complexity index is 412. The monoisotopic (exact) mass is 317 g/mol. The van der Waals surface area contributed by atoms with Crippen LogP contribution in [0.2, 0.25) is 0 Å². The molecule has 0 saturated heterocycles. The number of carbonyl (C=O) groups is 1. The van der Waals surface area contributed by atoms with Crippen molar-refractivity contribution in [3.8, 4) is 0 Å². The minimum Gasteiger partial charge on any atom is -0.379 e. The van der Waals surface area contributed by atoms with Crippen LogP contribution in [0.3, 0.4) is 0 Å². The number of hydrogen-bond donors (Lipinski definition) is 0. The Balaban J connectivity index is 2.60. The molecule has 0 aliphatic rings. The highest BCUT2D eigenvalue weighted by atomic mass is 79.9. The molecular weight excluding hydrogens is 301 g/mol. The predicted molar refractivity (Wildman–Crippen MR) is 72.7 cm³/mol. The zero-order chi connectivity index (χ0) is 13.5. The van der Waals surface area contributed by atoms with E-state index in [4.69, 9.17) is 4.74 Å². The molecule has 5 heteroatoms. The third kappa shape index (κ3) is 4.38. The summed E-state index contributed by atoms with van der Waals surface area (Å²) in [4.78, 5) is 13.5. The number of ether oxygens (including phenoxy) is 1. The van der Waals surface area contributed by atoms with Crippen molar-refractivity contribution in [1.29, 1.82) is 0 Å². The van der Waals surface area contributed by atoms with Crippen molar-refractivity contribution >= 4 is 21.8 Å². The van der Waals surface area contributed by atoms with Crippen LogP contribution in [-0.4, -0.2) is 42.9 Å². The van der Waals surface area contributed by atoms with E-state index in [0.29, 0.717) is 19.8 Å². The highest BCUT2D eigenvalue weighted by Gasteiger charge is 2.15. The highest BCUT2D eigenvalue weighted by Crippen LogP contribution is 2.12. The summed E-state index contributed by atoms with van der Waals surface area (Å²) in [6.07, 6.45) is 0. The van der Waals surface area contributed by atoms with Gasteiger partial charge in [0.05, 0.1) is 18.8 Å². The van der Waals surface area contributed by atoms with Crippen LogP contribution in [0, 0.1) is 12.7 Å². The van der Waals surface area contributed by atoms with Crippen molar-refractivity contribution in [3.63, 3.8) is 0 Å². The fourth-order valence-electron chi connectivity index (χ4n) is 1.47. The number of nitrogens with zero attached hydrogens (tertiary/aromatic N) is 1. The van der Waals surface area contributed by atoms with Crippen LogP contribution in [0.4, 0.5) is 4.39 Å². The van der Waals surface area contributed by atoms with E-state index in [1.807, 2.05) is 6.92 Å². The SMILES string of the molecule is Cc1ccc(F)c(C(=O)N(C)CCOCCBr)c1. The Kier molecular flexibility index (Phi) is 6.29. The average Bonchev–Trinajstić information content (AvgIpc) is 2.36. The Morgan fingerprint density at radius 2 is 2.17 bits per heavy atom. The molecule has 0 spiro atoms. The zero-order valence-electron chi connectivity index (χ0n) is 10.6. The van der Waals surface area contributed by atoms with Crippen LogP contribution in [0.25, 0.3) is 0 Å². The van der Waals surface area contributed by atoms with Gasteiger partial charge in [-0.05, 0) is 19.1 Å². The molecule has 0 N–H and O–H groups in total. The molecule has 0 radical (unpaired) electrons. The summed E-state index contributed by atoms with van der Waals surface area (Å²) < 4.78 is 18.8. The molecule has 0 aliphatic heterocycles. The first kappa shape index (κ1) is 15.1. The maximum absolute atomic E-state index is 13.5. The normalized spacial score (nSPS) is 10.4. The van der Waals surface area contributed by atoms with E-state index in [0.717, 1.165) is 10.9 Å². The van der Waals surface area contributed by atoms with Gasteiger partial charge in [-0.2, -0.15) is 0 Å².